The number of aromatic nitrogens is 1. The number of nitrogens with one attached hydrogen (secondary N) is 1. The Bertz CT molecular complexity index is 1150. The highest BCUT2D eigenvalue weighted by molar-refractivity contribution is 6.31. The van der Waals surface area contributed by atoms with Gasteiger partial charge in [-0.15, -0.1) is 0 Å². The van der Waals surface area contributed by atoms with Crippen molar-refractivity contribution in [2.75, 3.05) is 5.01 Å². The maximum absolute atomic E-state index is 13.1. The molecule has 0 aliphatic carbocycles. The lowest BCUT2D eigenvalue weighted by Crippen LogP contribution is -2.35. The Morgan fingerprint density at radius 2 is 1.62 bits per heavy atom. The predicted molar refractivity (Wildman–Crippen MR) is 102 cm³/mol. The minimum Gasteiger partial charge on any atom is -0.317 e. The molecule has 0 spiro atoms. The number of rotatable bonds is 4. The molecule has 1 saturated heterocycles. The van der Waals surface area contributed by atoms with Crippen LogP contribution in [0.4, 0.5) is 15.8 Å². The topological polar surface area (TPSA) is 97.5 Å². The summed E-state index contributed by atoms with van der Waals surface area (Å²) in [6.07, 6.45) is 3.14. The summed E-state index contributed by atoms with van der Waals surface area (Å²) in [7, 11) is 0. The zero-order valence-corrected chi connectivity index (χ0v) is 14.8. The molecule has 0 atom stereocenters. The SMILES string of the molecule is O=C1NN(c2ccc(F)cc2)C(=O)/C1=C\c1cccn1-c1ccc([N+](=O)[O-])cc1. The maximum Gasteiger partial charge on any atom is 0.282 e. The molecule has 8 nitrogen and oxygen atoms in total. The minimum absolute atomic E-state index is 0.0406. The monoisotopic (exact) mass is 392 g/mol. The second-order valence-electron chi connectivity index (χ2n) is 6.19. The van der Waals surface area contributed by atoms with Gasteiger partial charge in [0.2, 0.25) is 0 Å². The van der Waals surface area contributed by atoms with Gasteiger partial charge in [0.25, 0.3) is 17.5 Å². The number of benzene rings is 2. The molecule has 1 fully saturated rings. The fraction of sp³-hybridized carbons (Fsp3) is 0. The normalized spacial score (nSPS) is 15.1. The largest absolute Gasteiger partial charge is 0.317 e. The van der Waals surface area contributed by atoms with Crippen molar-refractivity contribution >= 4 is 29.3 Å². The van der Waals surface area contributed by atoms with E-state index in [2.05, 4.69) is 5.43 Å². The number of halogens is 1. The summed E-state index contributed by atoms with van der Waals surface area (Å²) in [5.74, 6) is -1.61. The average molecular weight is 392 g/mol. The first-order valence-electron chi connectivity index (χ1n) is 8.49. The highest BCUT2D eigenvalue weighted by Crippen LogP contribution is 2.23. The van der Waals surface area contributed by atoms with Crippen LogP contribution < -0.4 is 10.4 Å². The van der Waals surface area contributed by atoms with E-state index in [0.717, 1.165) is 5.01 Å². The molecule has 1 aliphatic heterocycles. The predicted octanol–water partition coefficient (Wildman–Crippen LogP) is 2.99. The van der Waals surface area contributed by atoms with E-state index in [1.807, 2.05) is 0 Å². The van der Waals surface area contributed by atoms with Gasteiger partial charge in [0, 0.05) is 29.7 Å². The molecule has 29 heavy (non-hydrogen) atoms. The number of hydrazine groups is 1. The van der Waals surface area contributed by atoms with Crippen LogP contribution in [0, 0.1) is 15.9 Å². The van der Waals surface area contributed by atoms with E-state index in [1.165, 1.54) is 42.5 Å². The van der Waals surface area contributed by atoms with E-state index in [0.29, 0.717) is 17.1 Å². The number of non-ortho nitro benzene ring substituents is 1. The summed E-state index contributed by atoms with van der Waals surface area (Å²) in [5.41, 5.74) is 3.83. The molecule has 0 saturated carbocycles. The molecule has 4 rings (SSSR count). The second kappa shape index (κ2) is 7.04. The average Bonchev–Trinajstić information content (AvgIpc) is 3.29. The molecule has 2 aromatic carbocycles. The quantitative estimate of drug-likeness (QED) is 0.319. The van der Waals surface area contributed by atoms with Crippen LogP contribution in [0.25, 0.3) is 11.8 Å². The van der Waals surface area contributed by atoms with Gasteiger partial charge >= 0.3 is 0 Å². The number of carbonyl (C=O) groups excluding carboxylic acids is 2. The van der Waals surface area contributed by atoms with Crippen molar-refractivity contribution in [2.45, 2.75) is 0 Å². The molecular formula is C20H13FN4O4. The van der Waals surface area contributed by atoms with Crippen molar-refractivity contribution in [2.24, 2.45) is 0 Å². The Labute approximate surface area is 163 Å². The maximum atomic E-state index is 13.1. The number of amides is 2. The van der Waals surface area contributed by atoms with Crippen LogP contribution in [-0.4, -0.2) is 21.3 Å². The van der Waals surface area contributed by atoms with E-state index in [4.69, 9.17) is 0 Å². The van der Waals surface area contributed by atoms with E-state index < -0.39 is 22.6 Å². The van der Waals surface area contributed by atoms with Crippen molar-refractivity contribution in [1.29, 1.82) is 0 Å². The Balaban J connectivity index is 1.66. The van der Waals surface area contributed by atoms with E-state index in [9.17, 15) is 24.1 Å². The first kappa shape index (κ1) is 18.1. The van der Waals surface area contributed by atoms with Crippen LogP contribution in [0.5, 0.6) is 0 Å². The molecular weight excluding hydrogens is 379 g/mol. The molecule has 0 radical (unpaired) electrons. The lowest BCUT2D eigenvalue weighted by atomic mass is 10.2. The van der Waals surface area contributed by atoms with Gasteiger partial charge in [0.15, 0.2) is 0 Å². The molecule has 2 heterocycles. The zero-order chi connectivity index (χ0) is 20.5. The third-order valence-corrected chi connectivity index (χ3v) is 4.39. The smallest absolute Gasteiger partial charge is 0.282 e. The molecule has 144 valence electrons. The van der Waals surface area contributed by atoms with Gasteiger partial charge in [-0.05, 0) is 54.6 Å². The standard InChI is InChI=1S/C20H13FN4O4/c21-13-3-5-15(6-4-13)24-20(27)18(19(26)22-24)12-17-2-1-11-23(17)14-7-9-16(10-8-14)25(28)29/h1-12H,(H,22,26)/b18-12-. The lowest BCUT2D eigenvalue weighted by Gasteiger charge is -2.14. The molecule has 0 bridgehead atoms. The molecule has 1 aliphatic rings. The Morgan fingerprint density at radius 1 is 0.966 bits per heavy atom. The first-order valence-corrected chi connectivity index (χ1v) is 8.49. The van der Waals surface area contributed by atoms with Gasteiger partial charge in [0.1, 0.15) is 11.4 Å². The van der Waals surface area contributed by atoms with Crippen LogP contribution in [0.3, 0.4) is 0 Å². The van der Waals surface area contributed by atoms with Gasteiger partial charge in [-0.3, -0.25) is 25.1 Å². The number of nitro benzene ring substituents is 1. The zero-order valence-electron chi connectivity index (χ0n) is 14.8. The van der Waals surface area contributed by atoms with Crippen LogP contribution in [-0.2, 0) is 9.59 Å². The molecule has 1 N–H and O–H groups in total. The highest BCUT2D eigenvalue weighted by Gasteiger charge is 2.34. The van der Waals surface area contributed by atoms with Gasteiger partial charge in [-0.25, -0.2) is 9.40 Å². The number of carbonyl (C=O) groups is 2. The first-order chi connectivity index (χ1) is 13.9. The van der Waals surface area contributed by atoms with Crippen molar-refractivity contribution in [3.8, 4) is 5.69 Å². The summed E-state index contributed by atoms with van der Waals surface area (Å²) in [6, 6.07) is 14.5. The summed E-state index contributed by atoms with van der Waals surface area (Å²) < 4.78 is 14.8. The van der Waals surface area contributed by atoms with Gasteiger partial charge in [0.05, 0.1) is 10.6 Å². The van der Waals surface area contributed by atoms with Gasteiger partial charge in [-0.2, -0.15) is 0 Å². The third kappa shape index (κ3) is 3.36. The Hall–Kier alpha value is -4.27. The van der Waals surface area contributed by atoms with E-state index >= 15 is 0 Å². The highest BCUT2D eigenvalue weighted by atomic mass is 19.1. The molecule has 0 unspecified atom stereocenters. The summed E-state index contributed by atoms with van der Waals surface area (Å²) in [5, 5.41) is 11.9. The third-order valence-electron chi connectivity index (χ3n) is 4.39. The van der Waals surface area contributed by atoms with Gasteiger partial charge < -0.3 is 4.57 Å². The van der Waals surface area contributed by atoms with E-state index in [-0.39, 0.29) is 11.3 Å². The number of hydrogen-bond acceptors (Lipinski definition) is 4. The van der Waals surface area contributed by atoms with Crippen molar-refractivity contribution in [1.82, 2.24) is 9.99 Å². The molecule has 1 aromatic heterocycles. The summed E-state index contributed by atoms with van der Waals surface area (Å²) >= 11 is 0. The second-order valence-corrected chi connectivity index (χ2v) is 6.19. The molecule has 9 heteroatoms. The fourth-order valence-electron chi connectivity index (χ4n) is 2.96. The fourth-order valence-corrected chi connectivity index (χ4v) is 2.96. The van der Waals surface area contributed by atoms with Crippen molar-refractivity contribution in [3.05, 3.63) is 94.1 Å². The number of anilines is 1. The number of hydrogen-bond donors (Lipinski definition) is 1. The number of nitro groups is 1. The van der Waals surface area contributed by atoms with Crippen LogP contribution in [0.15, 0.2) is 72.4 Å². The summed E-state index contributed by atoms with van der Waals surface area (Å²) in [4.78, 5) is 35.3. The van der Waals surface area contributed by atoms with E-state index in [1.54, 1.807) is 35.0 Å². The Kier molecular flexibility index (Phi) is 4.40. The summed E-state index contributed by atoms with van der Waals surface area (Å²) in [6.45, 7) is 0. The van der Waals surface area contributed by atoms with Gasteiger partial charge in [-0.1, -0.05) is 0 Å². The van der Waals surface area contributed by atoms with Crippen molar-refractivity contribution < 1.29 is 18.9 Å². The van der Waals surface area contributed by atoms with Crippen LogP contribution in [0.2, 0.25) is 0 Å². The van der Waals surface area contributed by atoms with Crippen LogP contribution in [0.1, 0.15) is 5.69 Å². The number of nitrogens with zero attached hydrogens (tertiary/aromatic N) is 3. The van der Waals surface area contributed by atoms with Crippen LogP contribution >= 0.6 is 0 Å². The van der Waals surface area contributed by atoms with Crippen molar-refractivity contribution in [3.63, 3.8) is 0 Å². The lowest BCUT2D eigenvalue weighted by molar-refractivity contribution is -0.384. The molecule has 3 aromatic rings. The Morgan fingerprint density at radius 3 is 2.28 bits per heavy atom. The molecule has 2 amide bonds. The minimum atomic E-state index is -0.587.